The van der Waals surface area contributed by atoms with Gasteiger partial charge in [-0.05, 0) is 56.3 Å². The van der Waals surface area contributed by atoms with Crippen molar-refractivity contribution in [2.24, 2.45) is 0 Å². The molecule has 3 rings (SSSR count). The van der Waals surface area contributed by atoms with Crippen LogP contribution in [0.1, 0.15) is 37.7 Å². The third-order valence-corrected chi connectivity index (χ3v) is 4.06. The molecule has 8 heteroatoms. The van der Waals surface area contributed by atoms with Gasteiger partial charge in [0.15, 0.2) is 0 Å². The van der Waals surface area contributed by atoms with Crippen LogP contribution >= 0.6 is 0 Å². The van der Waals surface area contributed by atoms with Crippen molar-refractivity contribution in [3.8, 4) is 5.75 Å². The zero-order valence-electron chi connectivity index (χ0n) is 15.3. The van der Waals surface area contributed by atoms with E-state index in [-0.39, 0.29) is 12.2 Å². The van der Waals surface area contributed by atoms with Crippen LogP contribution in [0.2, 0.25) is 0 Å². The Morgan fingerprint density at radius 1 is 1.04 bits per heavy atom. The van der Waals surface area contributed by atoms with Gasteiger partial charge in [0.05, 0.1) is 11.3 Å². The molecule has 0 unspecified atom stereocenters. The largest absolute Gasteiger partial charge is 0.489 e. The summed E-state index contributed by atoms with van der Waals surface area (Å²) in [5, 5.41) is 3.86. The summed E-state index contributed by atoms with van der Waals surface area (Å²) in [6.45, 7) is 3.88. The van der Waals surface area contributed by atoms with Crippen molar-refractivity contribution in [3.63, 3.8) is 0 Å². The number of aromatic nitrogens is 1. The highest BCUT2D eigenvalue weighted by molar-refractivity contribution is 5.99. The third kappa shape index (κ3) is 4.53. The summed E-state index contributed by atoms with van der Waals surface area (Å²) in [7, 11) is 0. The van der Waals surface area contributed by atoms with Gasteiger partial charge in [0.1, 0.15) is 23.9 Å². The molecule has 7 nitrogen and oxygen atoms in total. The van der Waals surface area contributed by atoms with Crippen molar-refractivity contribution in [3.05, 3.63) is 82.5 Å². The Balaban J connectivity index is 1.59. The van der Waals surface area contributed by atoms with Gasteiger partial charge in [-0.15, -0.1) is 0 Å². The Labute approximate surface area is 160 Å². The number of hydrazine groups is 1. The summed E-state index contributed by atoms with van der Waals surface area (Å²) < 4.78 is 23.7. The van der Waals surface area contributed by atoms with Gasteiger partial charge in [-0.1, -0.05) is 11.2 Å². The van der Waals surface area contributed by atoms with Crippen LogP contribution in [0.5, 0.6) is 5.75 Å². The number of hydrogen-bond acceptors (Lipinski definition) is 5. The number of nitrogens with one attached hydrogen (secondary N) is 2. The second-order valence-electron chi connectivity index (χ2n) is 6.03. The topological polar surface area (TPSA) is 93.5 Å². The van der Waals surface area contributed by atoms with Gasteiger partial charge >= 0.3 is 0 Å². The van der Waals surface area contributed by atoms with E-state index in [9.17, 15) is 14.0 Å². The lowest BCUT2D eigenvalue weighted by Gasteiger charge is -2.10. The number of amides is 2. The van der Waals surface area contributed by atoms with E-state index < -0.39 is 17.6 Å². The molecule has 0 spiro atoms. The molecular formula is C20H18FN3O4. The molecule has 0 radical (unpaired) electrons. The lowest BCUT2D eigenvalue weighted by Crippen LogP contribution is -2.41. The molecule has 144 valence electrons. The molecule has 2 aromatic carbocycles. The molecule has 0 saturated heterocycles. The number of benzene rings is 2. The van der Waals surface area contributed by atoms with Gasteiger partial charge in [0.2, 0.25) is 0 Å². The molecular weight excluding hydrogens is 365 g/mol. The van der Waals surface area contributed by atoms with Gasteiger partial charge < -0.3 is 9.26 Å². The first-order chi connectivity index (χ1) is 13.4. The zero-order valence-corrected chi connectivity index (χ0v) is 15.3. The Kier molecular flexibility index (Phi) is 5.69. The van der Waals surface area contributed by atoms with Crippen molar-refractivity contribution < 1.29 is 23.2 Å². The quantitative estimate of drug-likeness (QED) is 0.661. The maximum absolute atomic E-state index is 12.9. The molecule has 2 N–H and O–H groups in total. The van der Waals surface area contributed by atoms with Crippen LogP contribution in [0.3, 0.4) is 0 Å². The summed E-state index contributed by atoms with van der Waals surface area (Å²) in [4.78, 5) is 24.2. The lowest BCUT2D eigenvalue weighted by molar-refractivity contribution is 0.0846. The van der Waals surface area contributed by atoms with E-state index in [4.69, 9.17) is 9.26 Å². The summed E-state index contributed by atoms with van der Waals surface area (Å²) >= 11 is 0. The average molecular weight is 383 g/mol. The van der Waals surface area contributed by atoms with Crippen molar-refractivity contribution in [1.29, 1.82) is 0 Å². The molecule has 0 aliphatic rings. The summed E-state index contributed by atoms with van der Waals surface area (Å²) in [6, 6.07) is 11.5. The molecule has 1 heterocycles. The van der Waals surface area contributed by atoms with E-state index in [0.29, 0.717) is 17.1 Å². The first kappa shape index (κ1) is 19.1. The van der Waals surface area contributed by atoms with Crippen LogP contribution in [-0.2, 0) is 6.61 Å². The van der Waals surface area contributed by atoms with E-state index in [1.54, 1.807) is 31.2 Å². The van der Waals surface area contributed by atoms with E-state index in [1.807, 2.05) is 6.92 Å². The number of aryl methyl sites for hydroxylation is 2. The highest BCUT2D eigenvalue weighted by Crippen LogP contribution is 2.18. The van der Waals surface area contributed by atoms with Gasteiger partial charge in [0, 0.05) is 11.1 Å². The Morgan fingerprint density at radius 2 is 1.71 bits per heavy atom. The smallest absolute Gasteiger partial charge is 0.269 e. The number of carbonyl (C=O) groups is 2. The van der Waals surface area contributed by atoms with E-state index in [1.165, 1.54) is 12.1 Å². The standard InChI is InChI=1S/C20H18FN3O4/c1-12-18(13(2)28-24-12)11-27-17-5-3-4-15(10-17)20(26)23-22-19(25)14-6-8-16(21)9-7-14/h3-10H,11H2,1-2H3,(H,22,25)(H,23,26). The van der Waals surface area contributed by atoms with Crippen molar-refractivity contribution >= 4 is 11.8 Å². The normalized spacial score (nSPS) is 10.4. The van der Waals surface area contributed by atoms with Gasteiger partial charge in [-0.2, -0.15) is 0 Å². The minimum absolute atomic E-state index is 0.221. The highest BCUT2D eigenvalue weighted by atomic mass is 19.1. The van der Waals surface area contributed by atoms with Crippen molar-refractivity contribution in [2.45, 2.75) is 20.5 Å². The van der Waals surface area contributed by atoms with Crippen LogP contribution in [-0.4, -0.2) is 17.0 Å². The molecule has 1 aromatic heterocycles. The molecule has 3 aromatic rings. The minimum atomic E-state index is -0.556. The molecule has 0 atom stereocenters. The molecule has 28 heavy (non-hydrogen) atoms. The summed E-state index contributed by atoms with van der Waals surface area (Å²) in [5.41, 5.74) is 6.71. The van der Waals surface area contributed by atoms with E-state index >= 15 is 0 Å². The first-order valence-corrected chi connectivity index (χ1v) is 8.45. The maximum atomic E-state index is 12.9. The summed E-state index contributed by atoms with van der Waals surface area (Å²) in [5.74, 6) is -0.362. The predicted molar refractivity (Wildman–Crippen MR) is 98.1 cm³/mol. The number of carbonyl (C=O) groups excluding carboxylic acids is 2. The third-order valence-electron chi connectivity index (χ3n) is 4.06. The number of halogens is 1. The molecule has 0 aliphatic heterocycles. The number of nitrogens with zero attached hydrogens (tertiary/aromatic N) is 1. The van der Waals surface area contributed by atoms with E-state index in [2.05, 4.69) is 16.0 Å². The fraction of sp³-hybridized carbons (Fsp3) is 0.150. The fourth-order valence-electron chi connectivity index (χ4n) is 2.45. The molecule has 0 saturated carbocycles. The summed E-state index contributed by atoms with van der Waals surface area (Å²) in [6.07, 6.45) is 0. The Hall–Kier alpha value is -3.68. The van der Waals surface area contributed by atoms with Gasteiger partial charge in [-0.3, -0.25) is 20.4 Å². The van der Waals surface area contributed by atoms with Crippen LogP contribution in [0, 0.1) is 19.7 Å². The number of rotatable bonds is 5. The molecule has 0 bridgehead atoms. The Bertz CT molecular complexity index is 979. The Morgan fingerprint density at radius 3 is 2.36 bits per heavy atom. The van der Waals surface area contributed by atoms with Crippen molar-refractivity contribution in [1.82, 2.24) is 16.0 Å². The monoisotopic (exact) mass is 383 g/mol. The molecule has 2 amide bonds. The fourth-order valence-corrected chi connectivity index (χ4v) is 2.45. The van der Waals surface area contributed by atoms with Crippen LogP contribution < -0.4 is 15.6 Å². The lowest BCUT2D eigenvalue weighted by atomic mass is 10.2. The number of ether oxygens (including phenoxy) is 1. The highest BCUT2D eigenvalue weighted by Gasteiger charge is 2.12. The predicted octanol–water partition coefficient (Wildman–Crippen LogP) is 3.08. The molecule has 0 fully saturated rings. The first-order valence-electron chi connectivity index (χ1n) is 8.45. The zero-order chi connectivity index (χ0) is 20.1. The minimum Gasteiger partial charge on any atom is -0.489 e. The number of hydrogen-bond donors (Lipinski definition) is 2. The maximum Gasteiger partial charge on any atom is 0.269 e. The van der Waals surface area contributed by atoms with Crippen LogP contribution in [0.15, 0.2) is 53.1 Å². The SMILES string of the molecule is Cc1noc(C)c1COc1cccc(C(=O)NNC(=O)c2ccc(F)cc2)c1. The van der Waals surface area contributed by atoms with E-state index in [0.717, 1.165) is 23.4 Å². The van der Waals surface area contributed by atoms with Crippen LogP contribution in [0.4, 0.5) is 4.39 Å². The molecule has 0 aliphatic carbocycles. The van der Waals surface area contributed by atoms with Crippen molar-refractivity contribution in [2.75, 3.05) is 0 Å². The van der Waals surface area contributed by atoms with Gasteiger partial charge in [0.25, 0.3) is 11.8 Å². The second kappa shape index (κ2) is 8.34. The average Bonchev–Trinajstić information content (AvgIpc) is 3.02. The second-order valence-corrected chi connectivity index (χ2v) is 6.03. The van der Waals surface area contributed by atoms with Crippen LogP contribution in [0.25, 0.3) is 0 Å². The van der Waals surface area contributed by atoms with Gasteiger partial charge in [-0.25, -0.2) is 4.39 Å².